The van der Waals surface area contributed by atoms with E-state index in [1.165, 1.54) is 0 Å². The molecule has 1 N–H and O–H groups in total. The Hall–Kier alpha value is -2.37. The Labute approximate surface area is 192 Å². The van der Waals surface area contributed by atoms with Crippen LogP contribution in [0.25, 0.3) is 0 Å². The van der Waals surface area contributed by atoms with Gasteiger partial charge in [-0.3, -0.25) is 14.4 Å². The Bertz CT molecular complexity index is 816. The number of amides is 3. The number of benzene rings is 1. The van der Waals surface area contributed by atoms with Crippen molar-refractivity contribution >= 4 is 17.7 Å². The van der Waals surface area contributed by atoms with Crippen LogP contribution in [0, 0.1) is 18.3 Å². The van der Waals surface area contributed by atoms with Crippen molar-refractivity contribution < 1.29 is 14.4 Å². The molecule has 3 rings (SSSR count). The van der Waals surface area contributed by atoms with Gasteiger partial charge in [-0.2, -0.15) is 0 Å². The molecule has 6 nitrogen and oxygen atoms in total. The van der Waals surface area contributed by atoms with Crippen molar-refractivity contribution in [3.63, 3.8) is 0 Å². The summed E-state index contributed by atoms with van der Waals surface area (Å²) in [5, 5.41) is 3.09. The summed E-state index contributed by atoms with van der Waals surface area (Å²) in [6.07, 6.45) is 5.17. The molecule has 1 unspecified atom stereocenters. The largest absolute Gasteiger partial charge is 0.343 e. The number of nitrogens with zero attached hydrogens (tertiary/aromatic N) is 2. The average Bonchev–Trinajstić information content (AvgIpc) is 2.77. The molecule has 3 amide bonds. The molecule has 1 atom stereocenters. The molecule has 2 fully saturated rings. The van der Waals surface area contributed by atoms with Crippen LogP contribution in [-0.2, 0) is 9.59 Å². The first-order chi connectivity index (χ1) is 15.2. The summed E-state index contributed by atoms with van der Waals surface area (Å²) in [6.45, 7) is 10.9. The highest BCUT2D eigenvalue weighted by molar-refractivity contribution is 5.98. The van der Waals surface area contributed by atoms with E-state index in [1.54, 1.807) is 6.07 Å². The third-order valence-corrected chi connectivity index (χ3v) is 6.66. The lowest BCUT2D eigenvalue weighted by Gasteiger charge is -2.39. The zero-order valence-corrected chi connectivity index (χ0v) is 20.2. The standard InChI is InChI=1S/C26H39N3O3/c1-19-10-6-7-11-21(19)24(31)27-23(25(32)29-14-8-5-9-15-29)20-12-16-28(17-13-20)22(30)18-26(2,3)4/h6-7,10-11,20,23H,5,8-9,12-18H2,1-4H3,(H,27,31). The Morgan fingerprint density at radius 1 is 0.969 bits per heavy atom. The Kier molecular flexibility index (Phi) is 7.96. The summed E-state index contributed by atoms with van der Waals surface area (Å²) in [5.74, 6) is 0.0608. The number of carbonyl (C=O) groups is 3. The first kappa shape index (κ1) is 24.3. The number of aryl methyl sites for hydroxylation is 1. The lowest BCUT2D eigenvalue weighted by molar-refractivity contribution is -0.137. The van der Waals surface area contributed by atoms with Crippen LogP contribution >= 0.6 is 0 Å². The predicted octanol–water partition coefficient (Wildman–Crippen LogP) is 3.78. The van der Waals surface area contributed by atoms with Gasteiger partial charge in [0.25, 0.3) is 5.91 Å². The Morgan fingerprint density at radius 2 is 1.59 bits per heavy atom. The number of nitrogens with one attached hydrogen (secondary N) is 1. The first-order valence-electron chi connectivity index (χ1n) is 12.1. The molecule has 0 spiro atoms. The van der Waals surface area contributed by atoms with Gasteiger partial charge in [0.1, 0.15) is 6.04 Å². The van der Waals surface area contributed by atoms with Crippen LogP contribution in [0.3, 0.4) is 0 Å². The summed E-state index contributed by atoms with van der Waals surface area (Å²) in [4.78, 5) is 43.1. The molecular weight excluding hydrogens is 402 g/mol. The van der Waals surface area contributed by atoms with E-state index in [4.69, 9.17) is 0 Å². The van der Waals surface area contributed by atoms with E-state index in [9.17, 15) is 14.4 Å². The maximum Gasteiger partial charge on any atom is 0.252 e. The van der Waals surface area contributed by atoms with Gasteiger partial charge >= 0.3 is 0 Å². The van der Waals surface area contributed by atoms with Gasteiger partial charge in [-0.15, -0.1) is 0 Å². The minimum absolute atomic E-state index is 0.0334. The molecule has 2 aliphatic rings. The van der Waals surface area contributed by atoms with Gasteiger partial charge in [0.05, 0.1) is 0 Å². The summed E-state index contributed by atoms with van der Waals surface area (Å²) < 4.78 is 0. The maximum atomic E-state index is 13.5. The van der Waals surface area contributed by atoms with Crippen LogP contribution in [0.4, 0.5) is 0 Å². The van der Waals surface area contributed by atoms with Crippen LogP contribution in [0.1, 0.15) is 75.2 Å². The van der Waals surface area contributed by atoms with Crippen LogP contribution in [0.5, 0.6) is 0 Å². The molecule has 6 heteroatoms. The molecule has 0 aromatic heterocycles. The van der Waals surface area contributed by atoms with E-state index >= 15 is 0 Å². The van der Waals surface area contributed by atoms with Crippen molar-refractivity contribution in [1.82, 2.24) is 15.1 Å². The summed E-state index contributed by atoms with van der Waals surface area (Å²) >= 11 is 0. The van der Waals surface area contributed by atoms with Crippen LogP contribution in [-0.4, -0.2) is 59.7 Å². The fourth-order valence-electron chi connectivity index (χ4n) is 4.79. The highest BCUT2D eigenvalue weighted by atomic mass is 16.2. The second-order valence-corrected chi connectivity index (χ2v) is 10.6. The summed E-state index contributed by atoms with van der Waals surface area (Å²) in [6, 6.07) is 6.94. The van der Waals surface area contributed by atoms with Gasteiger partial charge in [-0.05, 0) is 62.0 Å². The SMILES string of the molecule is Cc1ccccc1C(=O)NC(C(=O)N1CCCCC1)C1CCN(C(=O)CC(C)(C)C)CC1. The third-order valence-electron chi connectivity index (χ3n) is 6.66. The minimum atomic E-state index is -0.542. The fraction of sp³-hybridized carbons (Fsp3) is 0.654. The van der Waals surface area contributed by atoms with Crippen molar-refractivity contribution in [1.29, 1.82) is 0 Å². The molecule has 2 saturated heterocycles. The summed E-state index contributed by atoms with van der Waals surface area (Å²) in [5.41, 5.74) is 1.47. The molecule has 1 aromatic carbocycles. The molecule has 0 saturated carbocycles. The van der Waals surface area contributed by atoms with Gasteiger partial charge in [-0.1, -0.05) is 39.0 Å². The van der Waals surface area contributed by atoms with Crippen molar-refractivity contribution in [2.45, 2.75) is 72.3 Å². The highest BCUT2D eigenvalue weighted by Crippen LogP contribution is 2.26. The zero-order chi connectivity index (χ0) is 23.3. The third kappa shape index (κ3) is 6.33. The number of carbonyl (C=O) groups excluding carboxylic acids is 3. The Morgan fingerprint density at radius 3 is 2.19 bits per heavy atom. The number of likely N-dealkylation sites (tertiary alicyclic amines) is 2. The molecule has 2 aliphatic heterocycles. The predicted molar refractivity (Wildman–Crippen MR) is 126 cm³/mol. The van der Waals surface area contributed by atoms with E-state index < -0.39 is 6.04 Å². The van der Waals surface area contributed by atoms with Crippen molar-refractivity contribution in [2.75, 3.05) is 26.2 Å². The first-order valence-corrected chi connectivity index (χ1v) is 12.1. The number of hydrogen-bond acceptors (Lipinski definition) is 3. The quantitative estimate of drug-likeness (QED) is 0.756. The molecule has 1 aromatic rings. The summed E-state index contributed by atoms with van der Waals surface area (Å²) in [7, 11) is 0. The van der Waals surface area contributed by atoms with E-state index in [2.05, 4.69) is 26.1 Å². The van der Waals surface area contributed by atoms with E-state index in [-0.39, 0.29) is 29.1 Å². The molecular formula is C26H39N3O3. The number of hydrogen-bond donors (Lipinski definition) is 1. The van der Waals surface area contributed by atoms with Crippen molar-refractivity contribution in [3.05, 3.63) is 35.4 Å². The second kappa shape index (κ2) is 10.5. The van der Waals surface area contributed by atoms with E-state index in [0.29, 0.717) is 25.1 Å². The van der Waals surface area contributed by atoms with Crippen LogP contribution < -0.4 is 5.32 Å². The number of piperidine rings is 2. The zero-order valence-electron chi connectivity index (χ0n) is 20.2. The lowest BCUT2D eigenvalue weighted by Crippen LogP contribution is -2.55. The van der Waals surface area contributed by atoms with E-state index in [0.717, 1.165) is 50.8 Å². The van der Waals surface area contributed by atoms with Crippen LogP contribution in [0.2, 0.25) is 0 Å². The van der Waals surface area contributed by atoms with E-state index in [1.807, 2.05) is 34.9 Å². The highest BCUT2D eigenvalue weighted by Gasteiger charge is 2.37. The monoisotopic (exact) mass is 441 g/mol. The molecule has 2 heterocycles. The van der Waals surface area contributed by atoms with Crippen LogP contribution in [0.15, 0.2) is 24.3 Å². The maximum absolute atomic E-state index is 13.5. The molecule has 0 aliphatic carbocycles. The van der Waals surface area contributed by atoms with Crippen molar-refractivity contribution in [2.24, 2.45) is 11.3 Å². The lowest BCUT2D eigenvalue weighted by atomic mass is 9.86. The molecule has 176 valence electrons. The second-order valence-electron chi connectivity index (χ2n) is 10.6. The topological polar surface area (TPSA) is 69.7 Å². The van der Waals surface area contributed by atoms with Gasteiger partial charge in [-0.25, -0.2) is 0 Å². The minimum Gasteiger partial charge on any atom is -0.343 e. The van der Waals surface area contributed by atoms with Gasteiger partial charge in [0.15, 0.2) is 0 Å². The number of rotatable bonds is 5. The molecule has 0 bridgehead atoms. The van der Waals surface area contributed by atoms with Crippen molar-refractivity contribution in [3.8, 4) is 0 Å². The van der Waals surface area contributed by atoms with Gasteiger partial charge in [0.2, 0.25) is 11.8 Å². The normalized spacial score (nSPS) is 18.9. The van der Waals surface area contributed by atoms with Gasteiger partial charge < -0.3 is 15.1 Å². The van der Waals surface area contributed by atoms with Gasteiger partial charge in [0, 0.05) is 38.2 Å². The molecule has 0 radical (unpaired) electrons. The fourth-order valence-corrected chi connectivity index (χ4v) is 4.79. The Balaban J connectivity index is 1.71. The average molecular weight is 442 g/mol. The smallest absolute Gasteiger partial charge is 0.252 e. The molecule has 32 heavy (non-hydrogen) atoms.